The number of nitrogens with one attached hydrogen (secondary N) is 1. The van der Waals surface area contributed by atoms with Crippen LogP contribution < -0.4 is 15.0 Å². The lowest BCUT2D eigenvalue weighted by Crippen LogP contribution is -2.28. The average Bonchev–Trinajstić information content (AvgIpc) is 2.98. The second-order valence-corrected chi connectivity index (χ2v) is 6.37. The van der Waals surface area contributed by atoms with Gasteiger partial charge in [0.1, 0.15) is 11.6 Å². The SMILES string of the molecule is COc1ccc(C)cc1N1C[C@@H](C(=O)Nc2ccc(Cl)cn2)CC1=O. The van der Waals surface area contributed by atoms with Crippen molar-refractivity contribution in [2.45, 2.75) is 13.3 Å². The minimum Gasteiger partial charge on any atom is -0.495 e. The number of halogens is 1. The van der Waals surface area contributed by atoms with E-state index in [-0.39, 0.29) is 18.2 Å². The molecular weight excluding hydrogens is 342 g/mol. The van der Waals surface area contributed by atoms with E-state index < -0.39 is 5.92 Å². The molecule has 130 valence electrons. The zero-order chi connectivity index (χ0) is 18.0. The fourth-order valence-corrected chi connectivity index (χ4v) is 2.92. The number of amides is 2. The smallest absolute Gasteiger partial charge is 0.230 e. The van der Waals surface area contributed by atoms with Gasteiger partial charge in [-0.05, 0) is 36.8 Å². The highest BCUT2D eigenvalue weighted by atomic mass is 35.5. The molecule has 0 aliphatic carbocycles. The summed E-state index contributed by atoms with van der Waals surface area (Å²) < 4.78 is 5.35. The molecule has 25 heavy (non-hydrogen) atoms. The van der Waals surface area contributed by atoms with Crippen LogP contribution in [-0.4, -0.2) is 30.5 Å². The number of carbonyl (C=O) groups excluding carboxylic acids is 2. The molecule has 0 unspecified atom stereocenters. The number of hydrogen-bond acceptors (Lipinski definition) is 4. The fraction of sp³-hybridized carbons (Fsp3) is 0.278. The molecule has 0 bridgehead atoms. The predicted molar refractivity (Wildman–Crippen MR) is 96.1 cm³/mol. The molecule has 1 aromatic heterocycles. The van der Waals surface area contributed by atoms with E-state index in [0.29, 0.717) is 28.8 Å². The number of aryl methyl sites for hydroxylation is 1. The van der Waals surface area contributed by atoms with E-state index in [9.17, 15) is 9.59 Å². The third kappa shape index (κ3) is 3.74. The molecule has 6 nitrogen and oxygen atoms in total. The third-order valence-electron chi connectivity index (χ3n) is 4.10. The van der Waals surface area contributed by atoms with Crippen molar-refractivity contribution < 1.29 is 14.3 Å². The van der Waals surface area contributed by atoms with Crippen molar-refractivity contribution in [2.75, 3.05) is 23.9 Å². The molecule has 7 heteroatoms. The second kappa shape index (κ2) is 7.11. The first-order valence-electron chi connectivity index (χ1n) is 7.85. The van der Waals surface area contributed by atoms with E-state index in [1.54, 1.807) is 24.1 Å². The second-order valence-electron chi connectivity index (χ2n) is 5.93. The summed E-state index contributed by atoms with van der Waals surface area (Å²) in [7, 11) is 1.56. The van der Waals surface area contributed by atoms with Crippen LogP contribution in [0.3, 0.4) is 0 Å². The molecule has 2 heterocycles. The van der Waals surface area contributed by atoms with Crippen molar-refractivity contribution >= 4 is 34.9 Å². The normalized spacial score (nSPS) is 16.8. The molecule has 0 radical (unpaired) electrons. The minimum atomic E-state index is -0.449. The number of rotatable bonds is 4. The molecule has 1 aliphatic rings. The standard InChI is InChI=1S/C18H18ClN3O3/c1-11-3-5-15(25-2)14(7-11)22-10-12(8-17(22)23)18(24)21-16-6-4-13(19)9-20-16/h3-7,9,12H,8,10H2,1-2H3,(H,20,21,24)/t12-/m0/s1. The van der Waals surface area contributed by atoms with Crippen LogP contribution in [0.1, 0.15) is 12.0 Å². The van der Waals surface area contributed by atoms with Gasteiger partial charge in [0.25, 0.3) is 0 Å². The van der Waals surface area contributed by atoms with E-state index in [1.165, 1.54) is 6.20 Å². The summed E-state index contributed by atoms with van der Waals surface area (Å²) in [5.41, 5.74) is 1.70. The van der Waals surface area contributed by atoms with Crippen LogP contribution in [0.15, 0.2) is 36.5 Å². The van der Waals surface area contributed by atoms with E-state index in [0.717, 1.165) is 5.56 Å². The molecule has 1 aliphatic heterocycles. The van der Waals surface area contributed by atoms with Gasteiger partial charge in [-0.1, -0.05) is 17.7 Å². The number of benzene rings is 1. The Morgan fingerprint density at radius 2 is 2.16 bits per heavy atom. The van der Waals surface area contributed by atoms with E-state index in [2.05, 4.69) is 10.3 Å². The number of carbonyl (C=O) groups is 2. The van der Waals surface area contributed by atoms with Gasteiger partial charge in [0.15, 0.2) is 0 Å². The van der Waals surface area contributed by atoms with Gasteiger partial charge in [-0.25, -0.2) is 4.98 Å². The molecule has 1 aromatic carbocycles. The molecule has 1 atom stereocenters. The molecule has 1 saturated heterocycles. The van der Waals surface area contributed by atoms with Crippen LogP contribution in [0.4, 0.5) is 11.5 Å². The quantitative estimate of drug-likeness (QED) is 0.910. The van der Waals surface area contributed by atoms with E-state index >= 15 is 0 Å². The Balaban J connectivity index is 1.75. The Labute approximate surface area is 150 Å². The van der Waals surface area contributed by atoms with Gasteiger partial charge in [0.05, 0.1) is 23.7 Å². The number of nitrogens with zero attached hydrogens (tertiary/aromatic N) is 2. The number of anilines is 2. The fourth-order valence-electron chi connectivity index (χ4n) is 2.81. The summed E-state index contributed by atoms with van der Waals surface area (Å²) >= 11 is 5.78. The minimum absolute atomic E-state index is 0.104. The number of hydrogen-bond donors (Lipinski definition) is 1. The van der Waals surface area contributed by atoms with Crippen molar-refractivity contribution in [3.8, 4) is 5.75 Å². The summed E-state index contributed by atoms with van der Waals surface area (Å²) in [6.07, 6.45) is 1.61. The Morgan fingerprint density at radius 1 is 1.36 bits per heavy atom. The summed E-state index contributed by atoms with van der Waals surface area (Å²) in [6.45, 7) is 2.25. The van der Waals surface area contributed by atoms with Gasteiger partial charge in [0, 0.05) is 19.2 Å². The lowest BCUT2D eigenvalue weighted by molar-refractivity contribution is -0.122. The van der Waals surface area contributed by atoms with Crippen molar-refractivity contribution in [1.29, 1.82) is 0 Å². The molecule has 2 amide bonds. The van der Waals surface area contributed by atoms with Gasteiger partial charge in [-0.15, -0.1) is 0 Å². The maximum absolute atomic E-state index is 12.4. The molecule has 0 saturated carbocycles. The Morgan fingerprint density at radius 3 is 2.84 bits per heavy atom. The predicted octanol–water partition coefficient (Wildman–Crippen LogP) is 3.04. The van der Waals surface area contributed by atoms with Crippen molar-refractivity contribution in [3.63, 3.8) is 0 Å². The lowest BCUT2D eigenvalue weighted by atomic mass is 10.1. The van der Waals surface area contributed by atoms with Crippen molar-refractivity contribution in [1.82, 2.24) is 4.98 Å². The highest BCUT2D eigenvalue weighted by Crippen LogP contribution is 2.34. The zero-order valence-electron chi connectivity index (χ0n) is 14.0. The number of ether oxygens (including phenoxy) is 1. The number of methoxy groups -OCH3 is 1. The Kier molecular flexibility index (Phi) is 4.90. The Hall–Kier alpha value is -2.60. The largest absolute Gasteiger partial charge is 0.495 e. The molecule has 1 fully saturated rings. The van der Waals surface area contributed by atoms with Gasteiger partial charge >= 0.3 is 0 Å². The number of aromatic nitrogens is 1. The van der Waals surface area contributed by atoms with Gasteiger partial charge in [0.2, 0.25) is 11.8 Å². The van der Waals surface area contributed by atoms with E-state index in [4.69, 9.17) is 16.3 Å². The topological polar surface area (TPSA) is 71.5 Å². The summed E-state index contributed by atoms with van der Waals surface area (Å²) in [4.78, 5) is 30.5. The maximum Gasteiger partial charge on any atom is 0.230 e. The Bertz CT molecular complexity index is 808. The lowest BCUT2D eigenvalue weighted by Gasteiger charge is -2.20. The van der Waals surface area contributed by atoms with Crippen LogP contribution >= 0.6 is 11.6 Å². The number of pyridine rings is 1. The molecule has 2 aromatic rings. The highest BCUT2D eigenvalue weighted by Gasteiger charge is 2.36. The van der Waals surface area contributed by atoms with Crippen LogP contribution in [0.2, 0.25) is 5.02 Å². The van der Waals surface area contributed by atoms with E-state index in [1.807, 2.05) is 25.1 Å². The van der Waals surface area contributed by atoms with Crippen molar-refractivity contribution in [3.05, 3.63) is 47.1 Å². The van der Waals surface area contributed by atoms with Gasteiger partial charge in [-0.3, -0.25) is 9.59 Å². The summed E-state index contributed by atoms with van der Waals surface area (Å²) in [6, 6.07) is 8.90. The first-order chi connectivity index (χ1) is 12.0. The first-order valence-corrected chi connectivity index (χ1v) is 8.23. The first kappa shape index (κ1) is 17.2. The third-order valence-corrected chi connectivity index (χ3v) is 4.32. The monoisotopic (exact) mass is 359 g/mol. The molecule has 3 rings (SSSR count). The van der Waals surface area contributed by atoms with Crippen LogP contribution in [0.25, 0.3) is 0 Å². The molecular formula is C18H18ClN3O3. The average molecular weight is 360 g/mol. The molecule has 0 spiro atoms. The van der Waals surface area contributed by atoms with Crippen LogP contribution in [0, 0.1) is 12.8 Å². The van der Waals surface area contributed by atoms with Gasteiger partial charge < -0.3 is 15.0 Å². The van der Waals surface area contributed by atoms with Crippen LogP contribution in [-0.2, 0) is 9.59 Å². The highest BCUT2D eigenvalue weighted by molar-refractivity contribution is 6.30. The van der Waals surface area contributed by atoms with Crippen LogP contribution in [0.5, 0.6) is 5.75 Å². The summed E-state index contributed by atoms with van der Waals surface area (Å²) in [5, 5.41) is 3.22. The maximum atomic E-state index is 12.4. The van der Waals surface area contributed by atoms with Crippen molar-refractivity contribution in [2.24, 2.45) is 5.92 Å². The molecule has 1 N–H and O–H groups in total. The summed E-state index contributed by atoms with van der Waals surface area (Å²) in [5.74, 6) is 0.230. The van der Waals surface area contributed by atoms with Gasteiger partial charge in [-0.2, -0.15) is 0 Å². The zero-order valence-corrected chi connectivity index (χ0v) is 14.7.